The zero-order chi connectivity index (χ0) is 22.2. The first-order valence-corrected chi connectivity index (χ1v) is 11.1. The van der Waals surface area contributed by atoms with Crippen molar-refractivity contribution in [1.82, 2.24) is 14.9 Å². The largest absolute Gasteiger partial charge is 0.351 e. The molecule has 0 unspecified atom stereocenters. The molecular weight excluding hydrogens is 466 g/mol. The van der Waals surface area contributed by atoms with Crippen LogP contribution in [0.2, 0.25) is 10.0 Å². The summed E-state index contributed by atoms with van der Waals surface area (Å²) in [6.07, 6.45) is 3.71. The van der Waals surface area contributed by atoms with Gasteiger partial charge in [0.1, 0.15) is 11.9 Å². The van der Waals surface area contributed by atoms with Crippen molar-refractivity contribution in [2.45, 2.75) is 12.1 Å². The number of hydrogen-bond donors (Lipinski definition) is 1. The zero-order valence-corrected chi connectivity index (χ0v) is 18.9. The van der Waals surface area contributed by atoms with Gasteiger partial charge in [-0.15, -0.1) is 0 Å². The van der Waals surface area contributed by atoms with E-state index >= 15 is 0 Å². The maximum absolute atomic E-state index is 13.6. The number of aromatic nitrogens is 2. The number of rotatable bonds is 4. The summed E-state index contributed by atoms with van der Waals surface area (Å²) in [7, 11) is 0. The van der Waals surface area contributed by atoms with Gasteiger partial charge in [-0.1, -0.05) is 29.3 Å². The lowest BCUT2D eigenvalue weighted by Crippen LogP contribution is -2.30. The Morgan fingerprint density at radius 3 is 2.50 bits per heavy atom. The van der Waals surface area contributed by atoms with Crippen molar-refractivity contribution in [2.24, 2.45) is 0 Å². The maximum atomic E-state index is 13.6. The molecule has 1 N–H and O–H groups in total. The first-order chi connectivity index (χ1) is 15.5. The van der Waals surface area contributed by atoms with Gasteiger partial charge in [0.15, 0.2) is 5.11 Å². The molecule has 4 nitrogen and oxygen atoms in total. The van der Waals surface area contributed by atoms with Gasteiger partial charge in [0.2, 0.25) is 0 Å². The number of halogens is 3. The number of nitrogens with one attached hydrogen (secondary N) is 1. The van der Waals surface area contributed by atoms with Crippen molar-refractivity contribution in [3.63, 3.8) is 0 Å². The standard InChI is InChI=1S/C24H17Cl2FN4S/c25-15-6-11-20(18(26)14-15)30-13-3-5-21(30)23-22(19-4-1-2-12-28-19)29-24(32)31(23)17-9-7-16(27)8-10-17/h1-14,22-23H,(H,29,32)/t22-,23-/m0/s1. The van der Waals surface area contributed by atoms with E-state index in [0.717, 1.165) is 22.8 Å². The first-order valence-electron chi connectivity index (χ1n) is 9.92. The molecule has 1 fully saturated rings. The van der Waals surface area contributed by atoms with Gasteiger partial charge >= 0.3 is 0 Å². The first kappa shape index (κ1) is 20.9. The van der Waals surface area contributed by atoms with E-state index in [1.165, 1.54) is 12.1 Å². The Morgan fingerprint density at radius 1 is 0.969 bits per heavy atom. The Bertz CT molecular complexity index is 1280. The fourth-order valence-corrected chi connectivity index (χ4v) is 4.91. The van der Waals surface area contributed by atoms with Crippen LogP contribution in [0.25, 0.3) is 5.69 Å². The SMILES string of the molecule is Fc1ccc(N2C(=S)N[C@@H](c3ccccn3)[C@@H]2c2cccn2-c2ccc(Cl)cc2Cl)cc1. The van der Waals surface area contributed by atoms with Crippen LogP contribution < -0.4 is 10.2 Å². The minimum Gasteiger partial charge on any atom is -0.351 e. The van der Waals surface area contributed by atoms with Gasteiger partial charge in [-0.05, 0) is 78.9 Å². The summed E-state index contributed by atoms with van der Waals surface area (Å²) < 4.78 is 15.7. The Kier molecular flexibility index (Phi) is 5.59. The second-order valence-corrected chi connectivity index (χ2v) is 8.60. The summed E-state index contributed by atoms with van der Waals surface area (Å²) in [5.74, 6) is -0.305. The molecule has 0 radical (unpaired) electrons. The van der Waals surface area contributed by atoms with E-state index in [4.69, 9.17) is 35.4 Å². The van der Waals surface area contributed by atoms with Crippen molar-refractivity contribution in [2.75, 3.05) is 4.90 Å². The third-order valence-electron chi connectivity index (χ3n) is 5.46. The average Bonchev–Trinajstić information content (AvgIpc) is 3.39. The highest BCUT2D eigenvalue weighted by atomic mass is 35.5. The number of anilines is 1. The smallest absolute Gasteiger partial charge is 0.174 e. The number of nitrogens with zero attached hydrogens (tertiary/aromatic N) is 3. The highest BCUT2D eigenvalue weighted by Crippen LogP contribution is 2.42. The van der Waals surface area contributed by atoms with E-state index in [2.05, 4.69) is 10.3 Å². The molecule has 3 heterocycles. The molecule has 0 bridgehead atoms. The van der Waals surface area contributed by atoms with Crippen LogP contribution in [0.5, 0.6) is 0 Å². The van der Waals surface area contributed by atoms with Gasteiger partial charge in [-0.3, -0.25) is 4.98 Å². The highest BCUT2D eigenvalue weighted by molar-refractivity contribution is 7.80. The van der Waals surface area contributed by atoms with Gasteiger partial charge in [0.25, 0.3) is 0 Å². The fraction of sp³-hybridized carbons (Fsp3) is 0.0833. The van der Waals surface area contributed by atoms with Crippen molar-refractivity contribution >= 4 is 46.2 Å². The van der Waals surface area contributed by atoms with Gasteiger partial charge in [0, 0.05) is 28.8 Å². The number of pyridine rings is 1. The van der Waals surface area contributed by atoms with Crippen molar-refractivity contribution in [1.29, 1.82) is 0 Å². The van der Waals surface area contributed by atoms with Gasteiger partial charge in [-0.25, -0.2) is 4.39 Å². The summed E-state index contributed by atoms with van der Waals surface area (Å²) in [4.78, 5) is 6.56. The average molecular weight is 483 g/mol. The maximum Gasteiger partial charge on any atom is 0.174 e. The second-order valence-electron chi connectivity index (χ2n) is 7.37. The Hall–Kier alpha value is -2.93. The van der Waals surface area contributed by atoms with E-state index in [9.17, 15) is 4.39 Å². The number of thiocarbonyl (C=S) groups is 1. The van der Waals surface area contributed by atoms with E-state index < -0.39 is 0 Å². The quantitative estimate of drug-likeness (QED) is 0.336. The number of benzene rings is 2. The lowest BCUT2D eigenvalue weighted by Gasteiger charge is -2.29. The third-order valence-corrected chi connectivity index (χ3v) is 6.31. The van der Waals surface area contributed by atoms with E-state index in [1.807, 2.05) is 52.1 Å². The molecule has 8 heteroatoms. The molecule has 1 aliphatic heterocycles. The molecule has 2 atom stereocenters. The zero-order valence-electron chi connectivity index (χ0n) is 16.6. The number of hydrogen-bond acceptors (Lipinski definition) is 2. The van der Waals surface area contributed by atoms with E-state index in [-0.39, 0.29) is 17.9 Å². The predicted octanol–water partition coefficient (Wildman–Crippen LogP) is 6.50. The Morgan fingerprint density at radius 2 is 1.78 bits per heavy atom. The molecule has 160 valence electrons. The topological polar surface area (TPSA) is 33.1 Å². The summed E-state index contributed by atoms with van der Waals surface area (Å²) in [5.41, 5.74) is 3.37. The summed E-state index contributed by atoms with van der Waals surface area (Å²) >= 11 is 18.4. The Balaban J connectivity index is 1.68. The molecule has 5 rings (SSSR count). The molecule has 0 saturated carbocycles. The van der Waals surface area contributed by atoms with Crippen LogP contribution in [0.3, 0.4) is 0 Å². The minimum atomic E-state index is -0.305. The van der Waals surface area contributed by atoms with Crippen LogP contribution in [0.1, 0.15) is 23.5 Å². The monoisotopic (exact) mass is 482 g/mol. The molecule has 32 heavy (non-hydrogen) atoms. The third kappa shape index (κ3) is 3.75. The molecule has 1 aliphatic rings. The molecular formula is C24H17Cl2FN4S. The lowest BCUT2D eigenvalue weighted by atomic mass is 10.0. The molecule has 0 aliphatic carbocycles. The predicted molar refractivity (Wildman–Crippen MR) is 130 cm³/mol. The fourth-order valence-electron chi connectivity index (χ4n) is 4.07. The molecule has 0 spiro atoms. The van der Waals surface area contributed by atoms with Gasteiger partial charge in [-0.2, -0.15) is 0 Å². The molecule has 2 aromatic heterocycles. The molecule has 4 aromatic rings. The van der Waals surface area contributed by atoms with Crippen LogP contribution in [-0.2, 0) is 0 Å². The van der Waals surface area contributed by atoms with Crippen molar-refractivity contribution in [3.05, 3.63) is 112 Å². The van der Waals surface area contributed by atoms with Crippen LogP contribution in [-0.4, -0.2) is 14.7 Å². The minimum absolute atomic E-state index is 0.228. The van der Waals surface area contributed by atoms with Gasteiger partial charge in [0.05, 0.1) is 22.4 Å². The normalized spacial score (nSPS) is 18.1. The highest BCUT2D eigenvalue weighted by Gasteiger charge is 2.42. The summed E-state index contributed by atoms with van der Waals surface area (Å²) in [6, 6.07) is 21.0. The van der Waals surface area contributed by atoms with E-state index in [0.29, 0.717) is 15.2 Å². The molecule has 2 aromatic carbocycles. The van der Waals surface area contributed by atoms with Crippen LogP contribution in [0.4, 0.5) is 10.1 Å². The van der Waals surface area contributed by atoms with Crippen LogP contribution in [0, 0.1) is 5.82 Å². The Labute approximate surface area is 200 Å². The second kappa shape index (κ2) is 8.54. The lowest BCUT2D eigenvalue weighted by molar-refractivity contribution is 0.549. The van der Waals surface area contributed by atoms with Crippen LogP contribution >= 0.6 is 35.4 Å². The van der Waals surface area contributed by atoms with Crippen LogP contribution in [0.15, 0.2) is 85.2 Å². The molecule has 0 amide bonds. The summed E-state index contributed by atoms with van der Waals surface area (Å²) in [6.45, 7) is 0. The van der Waals surface area contributed by atoms with Crippen molar-refractivity contribution < 1.29 is 4.39 Å². The molecule has 1 saturated heterocycles. The van der Waals surface area contributed by atoms with Gasteiger partial charge < -0.3 is 14.8 Å². The summed E-state index contributed by atoms with van der Waals surface area (Å²) in [5, 5.41) is 5.04. The van der Waals surface area contributed by atoms with Crippen molar-refractivity contribution in [3.8, 4) is 5.69 Å². The van der Waals surface area contributed by atoms with E-state index in [1.54, 1.807) is 30.5 Å².